The lowest BCUT2D eigenvalue weighted by Crippen LogP contribution is -2.23. The Hall–Kier alpha value is -3.15. The number of nitrogens with one attached hydrogen (secondary N) is 2. The summed E-state index contributed by atoms with van der Waals surface area (Å²) >= 11 is 0. The molecule has 1 amide bonds. The summed E-state index contributed by atoms with van der Waals surface area (Å²) in [6.45, 7) is 0. The zero-order valence-corrected chi connectivity index (χ0v) is 10.8. The molecule has 0 aliphatic carbocycles. The fraction of sp³-hybridized carbons (Fsp3) is 0. The first kappa shape index (κ1) is 12.9. The van der Waals surface area contributed by atoms with E-state index in [1.807, 2.05) is 0 Å². The third-order valence-electron chi connectivity index (χ3n) is 3.04. The average molecular weight is 281 g/mol. The summed E-state index contributed by atoms with van der Waals surface area (Å²) in [6.07, 6.45) is 3.01. The van der Waals surface area contributed by atoms with Crippen molar-refractivity contribution >= 4 is 22.5 Å². The molecule has 0 aliphatic heterocycles. The second-order valence-corrected chi connectivity index (χ2v) is 4.42. The van der Waals surface area contributed by atoms with Gasteiger partial charge in [0.2, 0.25) is 0 Å². The Kier molecular flexibility index (Phi) is 3.12. The Morgan fingerprint density at radius 2 is 2.00 bits per heavy atom. The maximum absolute atomic E-state index is 12.2. The normalized spacial score (nSPS) is 10.5. The van der Waals surface area contributed by atoms with Gasteiger partial charge >= 0.3 is 0 Å². The van der Waals surface area contributed by atoms with Crippen LogP contribution in [-0.4, -0.2) is 21.0 Å². The molecule has 0 radical (unpaired) electrons. The first-order chi connectivity index (χ1) is 10.2. The van der Waals surface area contributed by atoms with Gasteiger partial charge in [-0.15, -0.1) is 0 Å². The fourth-order valence-corrected chi connectivity index (χ4v) is 2.07. The molecular formula is C15H11N3O3. The van der Waals surface area contributed by atoms with Crippen molar-refractivity contribution in [3.05, 3.63) is 64.7 Å². The van der Waals surface area contributed by atoms with Crippen molar-refractivity contribution in [1.29, 1.82) is 0 Å². The van der Waals surface area contributed by atoms with Gasteiger partial charge in [-0.2, -0.15) is 0 Å². The van der Waals surface area contributed by atoms with Gasteiger partial charge in [0.15, 0.2) is 0 Å². The molecular weight excluding hydrogens is 270 g/mol. The van der Waals surface area contributed by atoms with Crippen LogP contribution in [0.25, 0.3) is 10.9 Å². The monoisotopic (exact) mass is 281 g/mol. The van der Waals surface area contributed by atoms with Gasteiger partial charge in [0.25, 0.3) is 11.5 Å². The molecule has 3 N–H and O–H groups in total. The van der Waals surface area contributed by atoms with Gasteiger partial charge in [-0.3, -0.25) is 14.6 Å². The summed E-state index contributed by atoms with van der Waals surface area (Å²) in [4.78, 5) is 30.6. The number of nitrogens with zero attached hydrogens (tertiary/aromatic N) is 1. The quantitative estimate of drug-likeness (QED) is 0.668. The average Bonchev–Trinajstić information content (AvgIpc) is 2.48. The number of hydrogen-bond acceptors (Lipinski definition) is 4. The highest BCUT2D eigenvalue weighted by Gasteiger charge is 2.19. The minimum atomic E-state index is -0.687. The predicted octanol–water partition coefficient (Wildman–Crippen LogP) is 1.88. The lowest BCUT2D eigenvalue weighted by molar-refractivity contribution is 0.102. The summed E-state index contributed by atoms with van der Waals surface area (Å²) in [5.74, 6) is -1.02. The molecule has 0 bridgehead atoms. The molecule has 0 aliphatic rings. The first-order valence-electron chi connectivity index (χ1n) is 6.22. The van der Waals surface area contributed by atoms with Crippen LogP contribution in [0, 0.1) is 0 Å². The Morgan fingerprint density at radius 3 is 2.76 bits per heavy atom. The molecule has 2 aromatic heterocycles. The number of H-pyrrole nitrogens is 1. The number of anilines is 1. The van der Waals surface area contributed by atoms with Crippen molar-refractivity contribution in [2.45, 2.75) is 0 Å². The van der Waals surface area contributed by atoms with Crippen LogP contribution in [0.3, 0.4) is 0 Å². The van der Waals surface area contributed by atoms with Crippen molar-refractivity contribution in [3.63, 3.8) is 0 Å². The van der Waals surface area contributed by atoms with E-state index >= 15 is 0 Å². The van der Waals surface area contributed by atoms with E-state index in [0.717, 1.165) is 0 Å². The Balaban J connectivity index is 2.08. The van der Waals surface area contributed by atoms with Crippen molar-refractivity contribution in [3.8, 4) is 5.75 Å². The number of pyridine rings is 2. The summed E-state index contributed by atoms with van der Waals surface area (Å²) in [5, 5.41) is 13.1. The number of para-hydroxylation sites is 1. The fourth-order valence-electron chi connectivity index (χ4n) is 2.07. The molecule has 1 aromatic carbocycles. The number of carbonyl (C=O) groups excluding carboxylic acids is 1. The molecule has 0 unspecified atom stereocenters. The molecule has 3 aromatic rings. The molecule has 0 fully saturated rings. The zero-order valence-electron chi connectivity index (χ0n) is 10.8. The smallest absolute Gasteiger partial charge is 0.265 e. The molecule has 0 spiro atoms. The van der Waals surface area contributed by atoms with Crippen LogP contribution in [-0.2, 0) is 0 Å². The highest BCUT2D eigenvalue weighted by atomic mass is 16.3. The van der Waals surface area contributed by atoms with Gasteiger partial charge < -0.3 is 15.4 Å². The van der Waals surface area contributed by atoms with E-state index in [2.05, 4.69) is 15.3 Å². The van der Waals surface area contributed by atoms with Gasteiger partial charge in [-0.05, 0) is 24.3 Å². The number of rotatable bonds is 2. The second-order valence-electron chi connectivity index (χ2n) is 4.42. The van der Waals surface area contributed by atoms with Crippen LogP contribution in [0.15, 0.2) is 53.6 Å². The highest BCUT2D eigenvalue weighted by molar-refractivity contribution is 6.08. The maximum Gasteiger partial charge on any atom is 0.265 e. The van der Waals surface area contributed by atoms with E-state index in [1.165, 1.54) is 6.20 Å². The minimum Gasteiger partial charge on any atom is -0.506 e. The Morgan fingerprint density at radius 1 is 1.19 bits per heavy atom. The van der Waals surface area contributed by atoms with Crippen LogP contribution in [0.1, 0.15) is 10.4 Å². The van der Waals surface area contributed by atoms with E-state index < -0.39 is 11.5 Å². The SMILES string of the molecule is O=C(Nc1cccnc1)c1c(O)c2ccccc2[nH]c1=O. The maximum atomic E-state index is 12.2. The zero-order chi connectivity index (χ0) is 14.8. The van der Waals surface area contributed by atoms with Gasteiger partial charge in [0.05, 0.1) is 17.4 Å². The summed E-state index contributed by atoms with van der Waals surface area (Å²) in [5.41, 5.74) is -0.0578. The largest absolute Gasteiger partial charge is 0.506 e. The summed E-state index contributed by atoms with van der Waals surface area (Å²) in [6, 6.07) is 10.0. The molecule has 2 heterocycles. The number of carbonyl (C=O) groups is 1. The number of aromatic amines is 1. The standard InChI is InChI=1S/C15H11N3O3/c19-13-10-5-1-2-6-11(10)18-15(21)12(13)14(20)17-9-4-3-7-16-8-9/h1-8H,(H,17,20)(H2,18,19,21). The Labute approximate surface area is 119 Å². The molecule has 6 nitrogen and oxygen atoms in total. The molecule has 21 heavy (non-hydrogen) atoms. The summed E-state index contributed by atoms with van der Waals surface area (Å²) < 4.78 is 0. The lowest BCUT2D eigenvalue weighted by Gasteiger charge is -2.08. The van der Waals surface area contributed by atoms with E-state index in [4.69, 9.17) is 0 Å². The molecule has 6 heteroatoms. The Bertz CT molecular complexity index is 872. The van der Waals surface area contributed by atoms with E-state index in [0.29, 0.717) is 16.6 Å². The van der Waals surface area contributed by atoms with Gasteiger partial charge in [0.1, 0.15) is 11.3 Å². The number of benzene rings is 1. The van der Waals surface area contributed by atoms with E-state index in [9.17, 15) is 14.7 Å². The third-order valence-corrected chi connectivity index (χ3v) is 3.04. The minimum absolute atomic E-state index is 0.322. The summed E-state index contributed by atoms with van der Waals surface area (Å²) in [7, 11) is 0. The molecule has 0 atom stereocenters. The number of amides is 1. The van der Waals surface area contributed by atoms with Crippen LogP contribution in [0.4, 0.5) is 5.69 Å². The number of fused-ring (bicyclic) bond motifs is 1. The van der Waals surface area contributed by atoms with Gasteiger partial charge in [-0.25, -0.2) is 0 Å². The predicted molar refractivity (Wildman–Crippen MR) is 78.4 cm³/mol. The van der Waals surface area contributed by atoms with E-state index in [1.54, 1.807) is 42.6 Å². The van der Waals surface area contributed by atoms with Crippen molar-refractivity contribution in [1.82, 2.24) is 9.97 Å². The molecule has 104 valence electrons. The van der Waals surface area contributed by atoms with Crippen LogP contribution in [0.2, 0.25) is 0 Å². The third kappa shape index (κ3) is 2.34. The van der Waals surface area contributed by atoms with Crippen LogP contribution < -0.4 is 10.9 Å². The van der Waals surface area contributed by atoms with Crippen LogP contribution in [0.5, 0.6) is 5.75 Å². The first-order valence-corrected chi connectivity index (χ1v) is 6.22. The van der Waals surface area contributed by atoms with Crippen molar-refractivity contribution < 1.29 is 9.90 Å². The highest BCUT2D eigenvalue weighted by Crippen LogP contribution is 2.24. The molecule has 0 saturated heterocycles. The van der Waals surface area contributed by atoms with E-state index in [-0.39, 0.29) is 11.3 Å². The van der Waals surface area contributed by atoms with Gasteiger partial charge in [0, 0.05) is 11.6 Å². The molecule has 0 saturated carbocycles. The molecule has 3 rings (SSSR count). The number of hydrogen-bond donors (Lipinski definition) is 3. The number of aromatic nitrogens is 2. The topological polar surface area (TPSA) is 95.1 Å². The van der Waals surface area contributed by atoms with Crippen molar-refractivity contribution in [2.24, 2.45) is 0 Å². The lowest BCUT2D eigenvalue weighted by atomic mass is 10.1. The van der Waals surface area contributed by atoms with Gasteiger partial charge in [-0.1, -0.05) is 12.1 Å². The number of aromatic hydroxyl groups is 1. The van der Waals surface area contributed by atoms with Crippen molar-refractivity contribution in [2.75, 3.05) is 5.32 Å². The van der Waals surface area contributed by atoms with Crippen LogP contribution >= 0.6 is 0 Å². The second kappa shape index (κ2) is 5.09.